The van der Waals surface area contributed by atoms with Crippen molar-refractivity contribution in [3.8, 4) is 0 Å². The predicted octanol–water partition coefficient (Wildman–Crippen LogP) is 2.37. The average Bonchev–Trinajstić information content (AvgIpc) is 3.26. The van der Waals surface area contributed by atoms with Crippen molar-refractivity contribution in [2.45, 2.75) is 38.3 Å². The van der Waals surface area contributed by atoms with Gasteiger partial charge < -0.3 is 31.7 Å². The Labute approximate surface area is 191 Å². The summed E-state index contributed by atoms with van der Waals surface area (Å²) in [7, 11) is 0. The topological polar surface area (TPSA) is 154 Å². The summed E-state index contributed by atoms with van der Waals surface area (Å²) >= 11 is 0. The van der Waals surface area contributed by atoms with E-state index in [1.165, 1.54) is 4.90 Å². The fraction of sp³-hybridized carbons (Fsp3) is 0.304. The summed E-state index contributed by atoms with van der Waals surface area (Å²) in [4.78, 5) is 49.6. The molecule has 4 amide bonds. The number of carbonyl (C=O) groups is 4. The lowest BCUT2D eigenvalue weighted by atomic mass is 10.1. The molecule has 33 heavy (non-hydrogen) atoms. The number of anilines is 3. The lowest BCUT2D eigenvalue weighted by molar-refractivity contribution is -0.143. The second-order valence-electron chi connectivity index (χ2n) is 7.85. The molecule has 0 unspecified atom stereocenters. The molecule has 1 heterocycles. The minimum atomic E-state index is -1.19. The predicted molar refractivity (Wildman–Crippen MR) is 124 cm³/mol. The van der Waals surface area contributed by atoms with Gasteiger partial charge in [0.2, 0.25) is 11.8 Å². The van der Waals surface area contributed by atoms with Crippen LogP contribution in [0.25, 0.3) is 0 Å². The molecule has 2 aromatic carbocycles. The molecule has 2 aromatic rings. The summed E-state index contributed by atoms with van der Waals surface area (Å²) in [6.45, 7) is 2.25. The fourth-order valence-electron chi connectivity index (χ4n) is 3.65. The monoisotopic (exact) mass is 453 g/mol. The second kappa shape index (κ2) is 10.6. The van der Waals surface area contributed by atoms with Gasteiger partial charge in [0, 0.05) is 23.6 Å². The molecular formula is C23H27N5O5. The van der Waals surface area contributed by atoms with E-state index < -0.39 is 30.4 Å². The van der Waals surface area contributed by atoms with Crippen LogP contribution in [0.2, 0.25) is 0 Å². The zero-order chi connectivity index (χ0) is 24.0. The van der Waals surface area contributed by atoms with Gasteiger partial charge in [-0.25, -0.2) is 4.79 Å². The number of urea groups is 1. The molecule has 0 radical (unpaired) electrons. The molecule has 2 atom stereocenters. The normalized spacial score (nSPS) is 16.1. The number of hydrogen-bond acceptors (Lipinski definition) is 5. The molecule has 1 aliphatic rings. The number of para-hydroxylation sites is 1. The SMILES string of the molecule is Cc1ccccc1NC(=O)Nc1ccc(NC(=O)[C@@H]2CCCN2C(=O)[C@@H](N)CC(=O)O)cc1. The van der Waals surface area contributed by atoms with Gasteiger partial charge in [-0.1, -0.05) is 18.2 Å². The van der Waals surface area contributed by atoms with E-state index in [9.17, 15) is 19.2 Å². The quantitative estimate of drug-likeness (QED) is 0.434. The number of carboxylic acid groups (broad SMARTS) is 1. The highest BCUT2D eigenvalue weighted by molar-refractivity contribution is 6.01. The Balaban J connectivity index is 1.56. The molecular weight excluding hydrogens is 426 g/mol. The van der Waals surface area contributed by atoms with E-state index in [0.717, 1.165) is 5.56 Å². The van der Waals surface area contributed by atoms with Crippen molar-refractivity contribution in [3.05, 3.63) is 54.1 Å². The number of nitrogens with one attached hydrogen (secondary N) is 3. The molecule has 3 rings (SSSR count). The van der Waals surface area contributed by atoms with E-state index in [4.69, 9.17) is 10.8 Å². The molecule has 10 heteroatoms. The third kappa shape index (κ3) is 6.30. The molecule has 0 saturated carbocycles. The van der Waals surface area contributed by atoms with Gasteiger partial charge in [0.1, 0.15) is 6.04 Å². The van der Waals surface area contributed by atoms with Crippen molar-refractivity contribution in [1.29, 1.82) is 0 Å². The van der Waals surface area contributed by atoms with Crippen LogP contribution in [-0.4, -0.2) is 52.4 Å². The van der Waals surface area contributed by atoms with Gasteiger partial charge in [-0.3, -0.25) is 14.4 Å². The number of aryl methyl sites for hydroxylation is 1. The van der Waals surface area contributed by atoms with Gasteiger partial charge >= 0.3 is 12.0 Å². The van der Waals surface area contributed by atoms with E-state index in [1.54, 1.807) is 30.3 Å². The van der Waals surface area contributed by atoms with Gasteiger partial charge in [0.25, 0.3) is 0 Å². The Hall–Kier alpha value is -3.92. The molecule has 174 valence electrons. The van der Waals surface area contributed by atoms with Crippen LogP contribution in [0.1, 0.15) is 24.8 Å². The number of nitrogens with two attached hydrogens (primary N) is 1. The minimum Gasteiger partial charge on any atom is -0.481 e. The number of rotatable bonds is 7. The van der Waals surface area contributed by atoms with E-state index >= 15 is 0 Å². The maximum Gasteiger partial charge on any atom is 0.323 e. The van der Waals surface area contributed by atoms with Crippen LogP contribution in [0, 0.1) is 6.92 Å². The Kier molecular flexibility index (Phi) is 7.62. The number of amides is 4. The zero-order valence-corrected chi connectivity index (χ0v) is 18.2. The first-order chi connectivity index (χ1) is 15.7. The summed E-state index contributed by atoms with van der Waals surface area (Å²) in [5, 5.41) is 17.1. The van der Waals surface area contributed by atoms with Crippen molar-refractivity contribution in [2.24, 2.45) is 5.73 Å². The third-order valence-corrected chi connectivity index (χ3v) is 5.35. The van der Waals surface area contributed by atoms with Gasteiger partial charge in [0.15, 0.2) is 0 Å². The molecule has 1 saturated heterocycles. The molecule has 10 nitrogen and oxygen atoms in total. The molecule has 0 spiro atoms. The number of aliphatic carboxylic acids is 1. The number of carboxylic acids is 1. The summed E-state index contributed by atoms with van der Waals surface area (Å²) in [5.41, 5.74) is 8.37. The van der Waals surface area contributed by atoms with Gasteiger partial charge in [-0.2, -0.15) is 0 Å². The van der Waals surface area contributed by atoms with Crippen LogP contribution in [-0.2, 0) is 14.4 Å². The smallest absolute Gasteiger partial charge is 0.323 e. The van der Waals surface area contributed by atoms with E-state index in [2.05, 4.69) is 16.0 Å². The van der Waals surface area contributed by atoms with Gasteiger partial charge in [-0.05, 0) is 55.7 Å². The Morgan fingerprint density at radius 2 is 1.67 bits per heavy atom. The first-order valence-corrected chi connectivity index (χ1v) is 10.6. The van der Waals surface area contributed by atoms with Crippen LogP contribution in [0.4, 0.5) is 21.9 Å². The summed E-state index contributed by atoms with van der Waals surface area (Å²) in [5.74, 6) is -2.09. The van der Waals surface area contributed by atoms with Crippen molar-refractivity contribution >= 4 is 40.9 Å². The van der Waals surface area contributed by atoms with Crippen LogP contribution >= 0.6 is 0 Å². The third-order valence-electron chi connectivity index (χ3n) is 5.35. The van der Waals surface area contributed by atoms with Gasteiger partial charge in [-0.15, -0.1) is 0 Å². The summed E-state index contributed by atoms with van der Waals surface area (Å²) < 4.78 is 0. The zero-order valence-electron chi connectivity index (χ0n) is 18.2. The Bertz CT molecular complexity index is 1040. The van der Waals surface area contributed by atoms with Crippen LogP contribution in [0.3, 0.4) is 0 Å². The molecule has 0 aromatic heterocycles. The first-order valence-electron chi connectivity index (χ1n) is 10.6. The maximum atomic E-state index is 12.7. The first kappa shape index (κ1) is 23.7. The number of carbonyl (C=O) groups excluding carboxylic acids is 3. The van der Waals surface area contributed by atoms with Crippen molar-refractivity contribution in [3.63, 3.8) is 0 Å². The number of nitrogens with zero attached hydrogens (tertiary/aromatic N) is 1. The number of hydrogen-bond donors (Lipinski definition) is 5. The number of likely N-dealkylation sites (tertiary alicyclic amines) is 1. The van der Waals surface area contributed by atoms with Gasteiger partial charge in [0.05, 0.1) is 12.5 Å². The van der Waals surface area contributed by atoms with Crippen molar-refractivity contribution in [2.75, 3.05) is 22.5 Å². The largest absolute Gasteiger partial charge is 0.481 e. The van der Waals surface area contributed by atoms with Crippen molar-refractivity contribution < 1.29 is 24.3 Å². The maximum absolute atomic E-state index is 12.7. The fourth-order valence-corrected chi connectivity index (χ4v) is 3.65. The average molecular weight is 453 g/mol. The van der Waals surface area contributed by atoms with Crippen LogP contribution in [0.15, 0.2) is 48.5 Å². The lowest BCUT2D eigenvalue weighted by Gasteiger charge is -2.26. The summed E-state index contributed by atoms with van der Waals surface area (Å²) in [6, 6.07) is 11.7. The Morgan fingerprint density at radius 1 is 1.03 bits per heavy atom. The molecule has 1 fully saturated rings. The van der Waals surface area contributed by atoms with E-state index in [1.807, 2.05) is 25.1 Å². The Morgan fingerprint density at radius 3 is 2.30 bits per heavy atom. The summed E-state index contributed by atoms with van der Waals surface area (Å²) in [6.07, 6.45) is 0.605. The van der Waals surface area contributed by atoms with Crippen LogP contribution in [0.5, 0.6) is 0 Å². The molecule has 0 bridgehead atoms. The lowest BCUT2D eigenvalue weighted by Crippen LogP contribution is -2.50. The second-order valence-corrected chi connectivity index (χ2v) is 7.85. The molecule has 1 aliphatic heterocycles. The highest BCUT2D eigenvalue weighted by Gasteiger charge is 2.36. The highest BCUT2D eigenvalue weighted by atomic mass is 16.4. The number of benzene rings is 2. The standard InChI is InChI=1S/C23H27N5O5/c1-14-5-2-3-6-18(14)27-23(33)26-16-10-8-15(9-11-16)25-21(31)19-7-4-12-28(19)22(32)17(24)13-20(29)30/h2-3,5-6,8-11,17,19H,4,7,12-13,24H2,1H3,(H,25,31)(H,29,30)(H2,26,27,33)/t17-,19-/m0/s1. The molecule has 0 aliphatic carbocycles. The van der Waals surface area contributed by atoms with E-state index in [0.29, 0.717) is 36.4 Å². The van der Waals surface area contributed by atoms with Crippen molar-refractivity contribution in [1.82, 2.24) is 4.90 Å². The molecule has 6 N–H and O–H groups in total. The van der Waals surface area contributed by atoms with Crippen LogP contribution < -0.4 is 21.7 Å². The minimum absolute atomic E-state index is 0.350. The van der Waals surface area contributed by atoms with E-state index in [-0.39, 0.29) is 11.9 Å². The highest BCUT2D eigenvalue weighted by Crippen LogP contribution is 2.22.